The Morgan fingerprint density at radius 3 is 2.33 bits per heavy atom. The van der Waals surface area contributed by atoms with E-state index >= 15 is 0 Å². The van der Waals surface area contributed by atoms with Crippen molar-refractivity contribution in [3.05, 3.63) is 28.8 Å². The zero-order valence-electron chi connectivity index (χ0n) is 15.6. The van der Waals surface area contributed by atoms with Gasteiger partial charge in [-0.25, -0.2) is 0 Å². The zero-order chi connectivity index (χ0) is 18.6. The largest absolute Gasteiger partial charge is 0.349 e. The van der Waals surface area contributed by atoms with Crippen molar-refractivity contribution in [2.75, 3.05) is 5.32 Å². The van der Waals surface area contributed by atoms with Crippen LogP contribution in [0, 0.1) is 0 Å². The SMILES string of the molecule is Cl.NC1(C(=O)Nc2ccc(Cl)c(C(=O)NC3CCCCC3)c2)CCCCC1. The van der Waals surface area contributed by atoms with Gasteiger partial charge < -0.3 is 16.4 Å². The number of halogens is 2. The van der Waals surface area contributed by atoms with Gasteiger partial charge in [0.2, 0.25) is 5.91 Å². The van der Waals surface area contributed by atoms with Crippen LogP contribution in [0.25, 0.3) is 0 Å². The van der Waals surface area contributed by atoms with Gasteiger partial charge in [0.15, 0.2) is 0 Å². The minimum absolute atomic E-state index is 0. The van der Waals surface area contributed by atoms with E-state index in [9.17, 15) is 9.59 Å². The number of hydrogen-bond donors (Lipinski definition) is 3. The van der Waals surface area contributed by atoms with Gasteiger partial charge in [0.25, 0.3) is 5.91 Å². The van der Waals surface area contributed by atoms with E-state index in [0.717, 1.165) is 44.9 Å². The van der Waals surface area contributed by atoms with Crippen molar-refractivity contribution < 1.29 is 9.59 Å². The number of nitrogens with two attached hydrogens (primary N) is 1. The summed E-state index contributed by atoms with van der Waals surface area (Å²) in [6.45, 7) is 0. The molecule has 0 saturated heterocycles. The number of nitrogens with one attached hydrogen (secondary N) is 2. The minimum atomic E-state index is -0.817. The molecule has 0 radical (unpaired) electrons. The molecule has 0 aliphatic heterocycles. The molecule has 5 nitrogen and oxygen atoms in total. The highest BCUT2D eigenvalue weighted by molar-refractivity contribution is 6.34. The Kier molecular flexibility index (Phi) is 7.95. The highest BCUT2D eigenvalue weighted by Crippen LogP contribution is 2.28. The molecule has 2 aliphatic carbocycles. The molecule has 1 aromatic carbocycles. The van der Waals surface area contributed by atoms with Crippen molar-refractivity contribution in [1.82, 2.24) is 5.32 Å². The molecule has 2 aliphatic rings. The molecule has 0 aromatic heterocycles. The van der Waals surface area contributed by atoms with Gasteiger partial charge in [-0.1, -0.05) is 50.1 Å². The van der Waals surface area contributed by atoms with Crippen LogP contribution in [0.1, 0.15) is 74.6 Å². The first kappa shape index (κ1) is 22.0. The third kappa shape index (κ3) is 5.59. The van der Waals surface area contributed by atoms with Crippen molar-refractivity contribution in [2.45, 2.75) is 75.8 Å². The summed E-state index contributed by atoms with van der Waals surface area (Å²) in [5, 5.41) is 6.33. The lowest BCUT2D eigenvalue weighted by atomic mass is 9.82. The second-order valence-corrected chi connectivity index (χ2v) is 8.08. The first-order valence-corrected chi connectivity index (χ1v) is 10.1. The quantitative estimate of drug-likeness (QED) is 0.682. The Labute approximate surface area is 172 Å². The van der Waals surface area contributed by atoms with Crippen LogP contribution in [-0.4, -0.2) is 23.4 Å². The fraction of sp³-hybridized carbons (Fsp3) is 0.600. The van der Waals surface area contributed by atoms with Crippen molar-refractivity contribution in [3.63, 3.8) is 0 Å². The van der Waals surface area contributed by atoms with Crippen LogP contribution in [0.5, 0.6) is 0 Å². The summed E-state index contributed by atoms with van der Waals surface area (Å²) in [6, 6.07) is 5.21. The molecule has 3 rings (SSSR count). The molecular weight excluding hydrogens is 385 g/mol. The maximum Gasteiger partial charge on any atom is 0.253 e. The summed E-state index contributed by atoms with van der Waals surface area (Å²) in [5.41, 5.74) is 6.42. The van der Waals surface area contributed by atoms with E-state index in [0.29, 0.717) is 29.1 Å². The van der Waals surface area contributed by atoms with E-state index in [-0.39, 0.29) is 30.3 Å². The third-order valence-electron chi connectivity index (χ3n) is 5.61. The van der Waals surface area contributed by atoms with Gasteiger partial charge in [-0.3, -0.25) is 9.59 Å². The average molecular weight is 414 g/mol. The van der Waals surface area contributed by atoms with Gasteiger partial charge in [0.05, 0.1) is 16.1 Å². The molecule has 4 N–H and O–H groups in total. The van der Waals surface area contributed by atoms with Crippen molar-refractivity contribution in [1.29, 1.82) is 0 Å². The number of carbonyl (C=O) groups excluding carboxylic acids is 2. The van der Waals surface area contributed by atoms with Crippen LogP contribution in [0.15, 0.2) is 18.2 Å². The number of carbonyl (C=O) groups is 2. The van der Waals surface area contributed by atoms with Crippen LogP contribution in [0.2, 0.25) is 5.02 Å². The molecule has 2 fully saturated rings. The Balaban J connectivity index is 0.00000261. The molecule has 150 valence electrons. The molecule has 0 atom stereocenters. The molecule has 2 amide bonds. The summed E-state index contributed by atoms with van der Waals surface area (Å²) < 4.78 is 0. The topological polar surface area (TPSA) is 84.2 Å². The average Bonchev–Trinajstić information content (AvgIpc) is 2.64. The second-order valence-electron chi connectivity index (χ2n) is 7.67. The van der Waals surface area contributed by atoms with E-state index in [4.69, 9.17) is 17.3 Å². The Bertz CT molecular complexity index is 669. The molecule has 0 unspecified atom stereocenters. The van der Waals surface area contributed by atoms with E-state index in [1.54, 1.807) is 18.2 Å². The summed E-state index contributed by atoms with van der Waals surface area (Å²) in [4.78, 5) is 25.2. The summed E-state index contributed by atoms with van der Waals surface area (Å²) in [6.07, 6.45) is 10.0. The molecule has 0 spiro atoms. The highest BCUT2D eigenvalue weighted by Gasteiger charge is 2.35. The van der Waals surface area contributed by atoms with Crippen LogP contribution in [0.4, 0.5) is 5.69 Å². The monoisotopic (exact) mass is 413 g/mol. The third-order valence-corrected chi connectivity index (χ3v) is 5.94. The van der Waals surface area contributed by atoms with Gasteiger partial charge in [0.1, 0.15) is 0 Å². The fourth-order valence-electron chi connectivity index (χ4n) is 3.95. The first-order chi connectivity index (χ1) is 12.5. The van der Waals surface area contributed by atoms with Crippen LogP contribution < -0.4 is 16.4 Å². The summed E-state index contributed by atoms with van der Waals surface area (Å²) in [5.74, 6) is -0.365. The van der Waals surface area contributed by atoms with Crippen molar-refractivity contribution >= 4 is 41.5 Å². The first-order valence-electron chi connectivity index (χ1n) is 9.69. The molecule has 7 heteroatoms. The smallest absolute Gasteiger partial charge is 0.253 e. The Hall–Kier alpha value is -1.30. The molecule has 1 aromatic rings. The standard InChI is InChI=1S/C20H28ClN3O2.ClH/c21-17-10-9-15(24-19(26)20(22)11-5-2-6-12-20)13-16(17)18(25)23-14-7-3-1-4-8-14;/h9-10,13-14H,1-8,11-12,22H2,(H,23,25)(H,24,26);1H. The Morgan fingerprint density at radius 2 is 1.67 bits per heavy atom. The lowest BCUT2D eigenvalue weighted by Gasteiger charge is -2.31. The lowest BCUT2D eigenvalue weighted by molar-refractivity contribution is -0.122. The lowest BCUT2D eigenvalue weighted by Crippen LogP contribution is -2.52. The predicted molar refractivity (Wildman–Crippen MR) is 112 cm³/mol. The van der Waals surface area contributed by atoms with Crippen LogP contribution in [0.3, 0.4) is 0 Å². The maximum atomic E-state index is 12.6. The predicted octanol–water partition coefficient (Wildman–Crippen LogP) is 4.42. The maximum absolute atomic E-state index is 12.6. The van der Waals surface area contributed by atoms with Gasteiger partial charge >= 0.3 is 0 Å². The second kappa shape index (κ2) is 9.76. The number of benzene rings is 1. The van der Waals surface area contributed by atoms with Crippen molar-refractivity contribution in [3.8, 4) is 0 Å². The van der Waals surface area contributed by atoms with Gasteiger partial charge in [-0.15, -0.1) is 12.4 Å². The highest BCUT2D eigenvalue weighted by atomic mass is 35.5. The summed E-state index contributed by atoms with van der Waals surface area (Å²) >= 11 is 6.22. The van der Waals surface area contributed by atoms with Crippen LogP contribution >= 0.6 is 24.0 Å². The molecular formula is C20H29Cl2N3O2. The zero-order valence-corrected chi connectivity index (χ0v) is 17.1. The molecule has 0 bridgehead atoms. The molecule has 27 heavy (non-hydrogen) atoms. The minimum Gasteiger partial charge on any atom is -0.349 e. The van der Waals surface area contributed by atoms with Gasteiger partial charge in [-0.05, 0) is 43.9 Å². The fourth-order valence-corrected chi connectivity index (χ4v) is 4.16. The van der Waals surface area contributed by atoms with Crippen LogP contribution in [-0.2, 0) is 4.79 Å². The number of rotatable bonds is 4. The number of anilines is 1. The number of hydrogen-bond acceptors (Lipinski definition) is 3. The molecule has 0 heterocycles. The van der Waals surface area contributed by atoms with Gasteiger partial charge in [-0.2, -0.15) is 0 Å². The normalized spacial score (nSPS) is 19.6. The van der Waals surface area contributed by atoms with Crippen molar-refractivity contribution in [2.24, 2.45) is 5.73 Å². The van der Waals surface area contributed by atoms with E-state index in [1.165, 1.54) is 6.42 Å². The van der Waals surface area contributed by atoms with E-state index in [1.807, 2.05) is 0 Å². The molecule has 2 saturated carbocycles. The van der Waals surface area contributed by atoms with E-state index < -0.39 is 5.54 Å². The van der Waals surface area contributed by atoms with E-state index in [2.05, 4.69) is 10.6 Å². The Morgan fingerprint density at radius 1 is 1.04 bits per heavy atom. The number of amides is 2. The summed E-state index contributed by atoms with van der Waals surface area (Å²) in [7, 11) is 0. The van der Waals surface area contributed by atoms with Gasteiger partial charge in [0, 0.05) is 11.7 Å².